The second-order valence-corrected chi connectivity index (χ2v) is 4.89. The predicted molar refractivity (Wildman–Crippen MR) is 71.9 cm³/mol. The van der Waals surface area contributed by atoms with E-state index in [4.69, 9.17) is 0 Å². The lowest BCUT2D eigenvalue weighted by molar-refractivity contribution is -0.385. The molecule has 1 heterocycles. The van der Waals surface area contributed by atoms with Crippen LogP contribution in [0, 0.1) is 24.0 Å². The number of aromatic nitrogens is 1. The Morgan fingerprint density at radius 1 is 1.39 bits per heavy atom. The Balaban J connectivity index is 2.31. The lowest BCUT2D eigenvalue weighted by atomic mass is 10.2. The van der Waals surface area contributed by atoms with E-state index in [0.717, 1.165) is 10.6 Å². The molecule has 0 fully saturated rings. The van der Waals surface area contributed by atoms with E-state index in [9.17, 15) is 10.1 Å². The summed E-state index contributed by atoms with van der Waals surface area (Å²) < 4.78 is 0. The minimum absolute atomic E-state index is 0.0475. The van der Waals surface area contributed by atoms with Crippen LogP contribution < -0.4 is 0 Å². The number of thiazole rings is 1. The maximum absolute atomic E-state index is 10.8. The average molecular weight is 261 g/mol. The minimum Gasteiger partial charge on any atom is -0.258 e. The minimum atomic E-state index is -0.417. The molecule has 2 aromatic rings. The van der Waals surface area contributed by atoms with Crippen LogP contribution >= 0.6 is 11.3 Å². The van der Waals surface area contributed by atoms with Crippen LogP contribution in [0.15, 0.2) is 29.3 Å². The first kappa shape index (κ1) is 12.4. The van der Waals surface area contributed by atoms with Gasteiger partial charge in [0.1, 0.15) is 0 Å². The molecule has 0 aliphatic carbocycles. The molecular weight excluding hydrogens is 250 g/mol. The molecule has 0 saturated heterocycles. The van der Waals surface area contributed by atoms with Crippen molar-refractivity contribution in [1.82, 2.24) is 4.98 Å². The van der Waals surface area contributed by atoms with E-state index in [1.807, 2.05) is 13.8 Å². The van der Waals surface area contributed by atoms with Gasteiger partial charge in [-0.15, -0.1) is 0 Å². The first-order valence-corrected chi connectivity index (χ1v) is 6.11. The average Bonchev–Trinajstić information content (AvgIpc) is 2.66. The van der Waals surface area contributed by atoms with Crippen molar-refractivity contribution >= 4 is 28.4 Å². The molecule has 2 rings (SSSR count). The Kier molecular flexibility index (Phi) is 3.47. The Morgan fingerprint density at radius 2 is 2.11 bits per heavy atom. The van der Waals surface area contributed by atoms with E-state index in [-0.39, 0.29) is 5.69 Å². The third-order valence-electron chi connectivity index (χ3n) is 2.46. The van der Waals surface area contributed by atoms with Crippen LogP contribution in [0.4, 0.5) is 10.8 Å². The highest BCUT2D eigenvalue weighted by Crippen LogP contribution is 2.24. The quantitative estimate of drug-likeness (QED) is 0.483. The third-order valence-corrected chi connectivity index (χ3v) is 3.45. The van der Waals surface area contributed by atoms with Crippen LogP contribution in [0.2, 0.25) is 0 Å². The van der Waals surface area contributed by atoms with Crippen LogP contribution in [0.3, 0.4) is 0 Å². The highest BCUT2D eigenvalue weighted by Gasteiger charge is 2.10. The predicted octanol–water partition coefficient (Wildman–Crippen LogP) is 3.42. The van der Waals surface area contributed by atoms with Crippen LogP contribution in [-0.4, -0.2) is 16.1 Å². The fraction of sp³-hybridized carbons (Fsp3) is 0.167. The molecular formula is C12H11N3O2S. The number of hydrogen-bond donors (Lipinski definition) is 0. The molecule has 6 heteroatoms. The Morgan fingerprint density at radius 3 is 2.72 bits per heavy atom. The molecule has 0 amide bonds. The highest BCUT2D eigenvalue weighted by molar-refractivity contribution is 7.15. The summed E-state index contributed by atoms with van der Waals surface area (Å²) in [6, 6.07) is 6.49. The van der Waals surface area contributed by atoms with Crippen LogP contribution in [0.25, 0.3) is 0 Å². The van der Waals surface area contributed by atoms with Gasteiger partial charge in [0, 0.05) is 17.2 Å². The zero-order valence-corrected chi connectivity index (χ0v) is 10.8. The zero-order valence-electron chi connectivity index (χ0n) is 9.95. The van der Waals surface area contributed by atoms with E-state index in [1.165, 1.54) is 23.6 Å². The molecule has 0 radical (unpaired) electrons. The normalized spacial score (nSPS) is 11.0. The van der Waals surface area contributed by atoms with Crippen molar-refractivity contribution in [2.75, 3.05) is 0 Å². The van der Waals surface area contributed by atoms with Gasteiger partial charge in [-0.25, -0.2) is 9.98 Å². The fourth-order valence-corrected chi connectivity index (χ4v) is 2.15. The lowest BCUT2D eigenvalue weighted by Crippen LogP contribution is -1.93. The van der Waals surface area contributed by atoms with Gasteiger partial charge >= 0.3 is 0 Å². The number of benzene rings is 1. The van der Waals surface area contributed by atoms with E-state index >= 15 is 0 Å². The standard InChI is InChI=1S/C12H11N3O2S/c1-8-9(2)18-12(14-8)13-7-10-5-3-4-6-11(10)15(16)17/h3-7H,1-2H3/b13-7-. The number of nitro benzene ring substituents is 1. The van der Waals surface area contributed by atoms with Crippen molar-refractivity contribution in [3.8, 4) is 0 Å². The number of aryl methyl sites for hydroxylation is 2. The maximum Gasteiger partial charge on any atom is 0.278 e. The smallest absolute Gasteiger partial charge is 0.258 e. The van der Waals surface area contributed by atoms with Crippen LogP contribution in [-0.2, 0) is 0 Å². The number of para-hydroxylation sites is 1. The molecule has 1 aromatic heterocycles. The van der Waals surface area contributed by atoms with Gasteiger partial charge in [-0.05, 0) is 19.9 Å². The van der Waals surface area contributed by atoms with Crippen LogP contribution in [0.1, 0.15) is 16.1 Å². The maximum atomic E-state index is 10.8. The SMILES string of the molecule is Cc1nc(/N=C\c2ccccc2[N+](=O)[O-])sc1C. The van der Waals surface area contributed by atoms with Gasteiger partial charge in [-0.2, -0.15) is 0 Å². The van der Waals surface area contributed by atoms with E-state index in [0.29, 0.717) is 10.7 Å². The van der Waals surface area contributed by atoms with Gasteiger partial charge in [-0.3, -0.25) is 10.1 Å². The summed E-state index contributed by atoms with van der Waals surface area (Å²) in [6.07, 6.45) is 1.48. The van der Waals surface area contributed by atoms with Crippen molar-refractivity contribution in [2.45, 2.75) is 13.8 Å². The first-order valence-electron chi connectivity index (χ1n) is 5.29. The number of aliphatic imine (C=N–C) groups is 1. The summed E-state index contributed by atoms with van der Waals surface area (Å²) in [6.45, 7) is 3.88. The third kappa shape index (κ3) is 2.60. The summed E-state index contributed by atoms with van der Waals surface area (Å²) in [7, 11) is 0. The van der Waals surface area contributed by atoms with Crippen molar-refractivity contribution in [3.63, 3.8) is 0 Å². The lowest BCUT2D eigenvalue weighted by Gasteiger charge is -1.94. The molecule has 0 unspecified atom stereocenters. The van der Waals surface area contributed by atoms with E-state index < -0.39 is 4.92 Å². The summed E-state index contributed by atoms with van der Waals surface area (Å²) in [5, 5.41) is 11.4. The van der Waals surface area contributed by atoms with Crippen molar-refractivity contribution < 1.29 is 4.92 Å². The molecule has 0 spiro atoms. The topological polar surface area (TPSA) is 68.4 Å². The number of nitro groups is 1. The molecule has 0 bridgehead atoms. The molecule has 0 N–H and O–H groups in total. The molecule has 1 aromatic carbocycles. The zero-order chi connectivity index (χ0) is 13.1. The summed E-state index contributed by atoms with van der Waals surface area (Å²) in [5.74, 6) is 0. The molecule has 92 valence electrons. The first-order chi connectivity index (χ1) is 8.58. The summed E-state index contributed by atoms with van der Waals surface area (Å²) in [4.78, 5) is 19.9. The number of hydrogen-bond acceptors (Lipinski definition) is 5. The molecule has 0 saturated carbocycles. The fourth-order valence-electron chi connectivity index (χ4n) is 1.40. The molecule has 18 heavy (non-hydrogen) atoms. The van der Waals surface area contributed by atoms with E-state index in [1.54, 1.807) is 18.2 Å². The largest absolute Gasteiger partial charge is 0.278 e. The van der Waals surface area contributed by atoms with E-state index in [2.05, 4.69) is 9.98 Å². The van der Waals surface area contributed by atoms with Crippen molar-refractivity contribution in [3.05, 3.63) is 50.5 Å². The number of rotatable bonds is 3. The Hall–Kier alpha value is -2.08. The Labute approximate surface area is 108 Å². The highest BCUT2D eigenvalue weighted by atomic mass is 32.1. The summed E-state index contributed by atoms with van der Waals surface area (Å²) >= 11 is 1.47. The van der Waals surface area contributed by atoms with Crippen molar-refractivity contribution in [2.24, 2.45) is 4.99 Å². The Bertz CT molecular complexity index is 600. The number of nitrogens with zero attached hydrogens (tertiary/aromatic N) is 3. The van der Waals surface area contributed by atoms with Gasteiger partial charge in [0.05, 0.1) is 16.2 Å². The monoisotopic (exact) mass is 261 g/mol. The molecule has 0 aliphatic heterocycles. The van der Waals surface area contributed by atoms with Crippen LogP contribution in [0.5, 0.6) is 0 Å². The summed E-state index contributed by atoms with van der Waals surface area (Å²) in [5.41, 5.74) is 1.47. The molecule has 0 aliphatic rings. The van der Waals surface area contributed by atoms with Gasteiger partial charge in [0.15, 0.2) is 0 Å². The van der Waals surface area contributed by atoms with Gasteiger partial charge in [-0.1, -0.05) is 23.5 Å². The molecule has 5 nitrogen and oxygen atoms in total. The van der Waals surface area contributed by atoms with Gasteiger partial charge in [0.2, 0.25) is 5.13 Å². The molecule has 0 atom stereocenters. The van der Waals surface area contributed by atoms with Gasteiger partial charge < -0.3 is 0 Å². The van der Waals surface area contributed by atoms with Crippen molar-refractivity contribution in [1.29, 1.82) is 0 Å². The second kappa shape index (κ2) is 5.05. The second-order valence-electron chi connectivity index (χ2n) is 3.71. The van der Waals surface area contributed by atoms with Gasteiger partial charge in [0.25, 0.3) is 5.69 Å².